The van der Waals surface area contributed by atoms with E-state index in [1.54, 1.807) is 12.1 Å². The number of nitriles is 1. The predicted molar refractivity (Wildman–Crippen MR) is 62.6 cm³/mol. The van der Waals surface area contributed by atoms with Crippen molar-refractivity contribution in [2.45, 2.75) is 38.8 Å². The van der Waals surface area contributed by atoms with Gasteiger partial charge < -0.3 is 0 Å². The third kappa shape index (κ3) is 3.79. The molecule has 1 aromatic carbocycles. The van der Waals surface area contributed by atoms with Gasteiger partial charge in [0, 0.05) is 11.6 Å². The lowest BCUT2D eigenvalue weighted by Gasteiger charge is -2.17. The maximum atomic E-state index is 12.4. The molecule has 0 fully saturated rings. The number of hydrogen-bond acceptors (Lipinski definition) is 2. The van der Waals surface area contributed by atoms with Crippen molar-refractivity contribution >= 4 is 0 Å². The molecule has 0 aliphatic heterocycles. The smallest absolute Gasteiger partial charge is 0.263 e. The Bertz CT molecular complexity index is 381. The van der Waals surface area contributed by atoms with Gasteiger partial charge in [-0.2, -0.15) is 5.26 Å². The van der Waals surface area contributed by atoms with Gasteiger partial charge in [-0.1, -0.05) is 31.2 Å². The van der Waals surface area contributed by atoms with E-state index in [1.165, 1.54) is 12.1 Å². The number of benzene rings is 1. The molecule has 0 aliphatic carbocycles. The average Bonchev–Trinajstić information content (AvgIpc) is 2.35. The first-order valence-electron chi connectivity index (χ1n) is 5.62. The Morgan fingerprint density at radius 3 is 2.18 bits per heavy atom. The average molecular weight is 238 g/mol. The summed E-state index contributed by atoms with van der Waals surface area (Å²) in [6, 6.07) is 7.78. The van der Waals surface area contributed by atoms with E-state index in [2.05, 4.69) is 11.4 Å². The van der Waals surface area contributed by atoms with Crippen molar-refractivity contribution in [3.63, 3.8) is 0 Å². The van der Waals surface area contributed by atoms with Crippen LogP contribution in [0.4, 0.5) is 8.78 Å². The highest BCUT2D eigenvalue weighted by Crippen LogP contribution is 2.21. The summed E-state index contributed by atoms with van der Waals surface area (Å²) in [5.41, 5.74) is 0.700. The van der Waals surface area contributed by atoms with E-state index < -0.39 is 12.5 Å². The molecule has 4 heteroatoms. The normalized spacial score (nSPS) is 14.4. The van der Waals surface area contributed by atoms with E-state index >= 15 is 0 Å². The van der Waals surface area contributed by atoms with E-state index in [9.17, 15) is 8.78 Å². The van der Waals surface area contributed by atoms with Crippen molar-refractivity contribution in [3.05, 3.63) is 35.4 Å². The van der Waals surface area contributed by atoms with Crippen LogP contribution in [0.1, 0.15) is 43.9 Å². The van der Waals surface area contributed by atoms with Crippen LogP contribution in [0.5, 0.6) is 0 Å². The Morgan fingerprint density at radius 2 is 1.76 bits per heavy atom. The fraction of sp³-hybridized carbons (Fsp3) is 0.462. The topological polar surface area (TPSA) is 35.8 Å². The lowest BCUT2D eigenvalue weighted by atomic mass is 10.0. The first kappa shape index (κ1) is 13.6. The zero-order valence-electron chi connectivity index (χ0n) is 9.95. The molecule has 0 saturated heterocycles. The molecular weight excluding hydrogens is 222 g/mol. The van der Waals surface area contributed by atoms with E-state index in [0.717, 1.165) is 12.0 Å². The highest BCUT2D eigenvalue weighted by atomic mass is 19.3. The number of hydrogen-bond donors (Lipinski definition) is 1. The standard InChI is InChI=1S/C13H16F2N2/c1-3-9(2)17-12(8-16)10-4-6-11(7-5-10)13(14)15/h4-7,9,12-13,17H,3H2,1-2H3. The molecule has 0 aromatic heterocycles. The van der Waals surface area contributed by atoms with Gasteiger partial charge >= 0.3 is 0 Å². The van der Waals surface area contributed by atoms with Crippen LogP contribution in [0.25, 0.3) is 0 Å². The highest BCUT2D eigenvalue weighted by Gasteiger charge is 2.13. The molecule has 0 aliphatic rings. The van der Waals surface area contributed by atoms with E-state index in [-0.39, 0.29) is 11.6 Å². The van der Waals surface area contributed by atoms with Gasteiger partial charge in [-0.25, -0.2) is 8.78 Å². The monoisotopic (exact) mass is 238 g/mol. The number of halogens is 2. The molecule has 1 aromatic rings. The maximum Gasteiger partial charge on any atom is 0.263 e. The first-order chi connectivity index (χ1) is 8.08. The molecule has 1 rings (SSSR count). The molecule has 2 atom stereocenters. The van der Waals surface area contributed by atoms with Gasteiger partial charge in [0.05, 0.1) is 6.07 Å². The number of rotatable bonds is 5. The summed E-state index contributed by atoms with van der Waals surface area (Å²) in [5.74, 6) is 0. The summed E-state index contributed by atoms with van der Waals surface area (Å²) < 4.78 is 24.7. The highest BCUT2D eigenvalue weighted by molar-refractivity contribution is 5.28. The van der Waals surface area contributed by atoms with Crippen molar-refractivity contribution in [3.8, 4) is 6.07 Å². The molecular formula is C13H16F2N2. The Balaban J connectivity index is 2.80. The van der Waals surface area contributed by atoms with Crippen molar-refractivity contribution < 1.29 is 8.78 Å². The zero-order chi connectivity index (χ0) is 12.8. The Labute approximate surface area is 100 Å². The third-order valence-corrected chi connectivity index (χ3v) is 2.71. The molecule has 0 amide bonds. The van der Waals surface area contributed by atoms with Crippen LogP contribution in [-0.4, -0.2) is 6.04 Å². The van der Waals surface area contributed by atoms with Crippen LogP contribution >= 0.6 is 0 Å². The van der Waals surface area contributed by atoms with Crippen LogP contribution in [0.3, 0.4) is 0 Å². The van der Waals surface area contributed by atoms with Gasteiger partial charge in [-0.15, -0.1) is 0 Å². The lowest BCUT2D eigenvalue weighted by molar-refractivity contribution is 0.151. The zero-order valence-corrected chi connectivity index (χ0v) is 9.95. The summed E-state index contributed by atoms with van der Waals surface area (Å²) in [4.78, 5) is 0. The Hall–Kier alpha value is -1.47. The predicted octanol–water partition coefficient (Wildman–Crippen LogP) is 3.58. The molecule has 92 valence electrons. The van der Waals surface area contributed by atoms with Crippen molar-refractivity contribution in [1.82, 2.24) is 5.32 Å². The van der Waals surface area contributed by atoms with E-state index in [4.69, 9.17) is 5.26 Å². The van der Waals surface area contributed by atoms with Crippen LogP contribution < -0.4 is 5.32 Å². The van der Waals surface area contributed by atoms with Gasteiger partial charge in [0.2, 0.25) is 0 Å². The minimum absolute atomic E-state index is 0.0195. The van der Waals surface area contributed by atoms with Crippen LogP contribution in [0.2, 0.25) is 0 Å². The second-order valence-corrected chi connectivity index (χ2v) is 4.01. The number of nitrogens with one attached hydrogen (secondary N) is 1. The largest absolute Gasteiger partial charge is 0.296 e. The summed E-state index contributed by atoms with van der Waals surface area (Å²) in [6.07, 6.45) is -1.56. The Morgan fingerprint density at radius 1 is 1.24 bits per heavy atom. The van der Waals surface area contributed by atoms with E-state index in [1.807, 2.05) is 13.8 Å². The quantitative estimate of drug-likeness (QED) is 0.851. The van der Waals surface area contributed by atoms with Crippen molar-refractivity contribution in [2.24, 2.45) is 0 Å². The summed E-state index contributed by atoms with van der Waals surface area (Å²) >= 11 is 0. The molecule has 0 heterocycles. The summed E-state index contributed by atoms with van der Waals surface area (Å²) in [5, 5.41) is 12.2. The van der Waals surface area contributed by atoms with Gasteiger partial charge in [0.25, 0.3) is 6.43 Å². The van der Waals surface area contributed by atoms with Crippen molar-refractivity contribution in [2.75, 3.05) is 0 Å². The molecule has 0 bridgehead atoms. The molecule has 0 radical (unpaired) electrons. The molecule has 17 heavy (non-hydrogen) atoms. The third-order valence-electron chi connectivity index (χ3n) is 2.71. The minimum atomic E-state index is -2.47. The van der Waals surface area contributed by atoms with Gasteiger partial charge in [0.1, 0.15) is 6.04 Å². The second kappa shape index (κ2) is 6.31. The van der Waals surface area contributed by atoms with Gasteiger partial charge in [0.15, 0.2) is 0 Å². The fourth-order valence-electron chi connectivity index (χ4n) is 1.44. The van der Waals surface area contributed by atoms with Crippen LogP contribution in [-0.2, 0) is 0 Å². The number of nitrogens with zero attached hydrogens (tertiary/aromatic N) is 1. The Kier molecular flexibility index (Phi) is 5.05. The summed E-state index contributed by atoms with van der Waals surface area (Å²) in [6.45, 7) is 4.00. The second-order valence-electron chi connectivity index (χ2n) is 4.01. The van der Waals surface area contributed by atoms with Crippen molar-refractivity contribution in [1.29, 1.82) is 5.26 Å². The van der Waals surface area contributed by atoms with Gasteiger partial charge in [-0.05, 0) is 18.9 Å². The molecule has 1 N–H and O–H groups in total. The van der Waals surface area contributed by atoms with E-state index in [0.29, 0.717) is 0 Å². The fourth-order valence-corrected chi connectivity index (χ4v) is 1.44. The van der Waals surface area contributed by atoms with Crippen LogP contribution in [0.15, 0.2) is 24.3 Å². The first-order valence-corrected chi connectivity index (χ1v) is 5.62. The van der Waals surface area contributed by atoms with Crippen LogP contribution in [0, 0.1) is 11.3 Å². The summed E-state index contributed by atoms with van der Waals surface area (Å²) in [7, 11) is 0. The maximum absolute atomic E-state index is 12.4. The molecule has 2 nitrogen and oxygen atoms in total. The SMILES string of the molecule is CCC(C)NC(C#N)c1ccc(C(F)F)cc1. The molecule has 0 spiro atoms. The minimum Gasteiger partial charge on any atom is -0.296 e. The molecule has 0 saturated carbocycles. The number of alkyl halides is 2. The molecule has 2 unspecified atom stereocenters. The van der Waals surface area contributed by atoms with Gasteiger partial charge in [-0.3, -0.25) is 5.32 Å². The lowest BCUT2D eigenvalue weighted by Crippen LogP contribution is -2.29.